The average molecular weight is 298 g/mol. The Bertz CT molecular complexity index is 523. The van der Waals surface area contributed by atoms with Crippen LogP contribution in [0.3, 0.4) is 0 Å². The first-order chi connectivity index (χ1) is 10.7. The molecule has 1 aromatic rings. The lowest BCUT2D eigenvalue weighted by atomic mass is 9.73. The highest BCUT2D eigenvalue weighted by Gasteiger charge is 2.35. The second kappa shape index (κ2) is 7.92. The molecule has 1 fully saturated rings. The summed E-state index contributed by atoms with van der Waals surface area (Å²) in [4.78, 5) is 18.8. The molecule has 1 saturated heterocycles. The van der Waals surface area contributed by atoms with Crippen molar-refractivity contribution in [2.75, 3.05) is 20.1 Å². The highest BCUT2D eigenvalue weighted by Crippen LogP contribution is 2.38. The minimum absolute atomic E-state index is 0.151. The van der Waals surface area contributed by atoms with Gasteiger partial charge < -0.3 is 9.89 Å². The second-order valence-electron chi connectivity index (χ2n) is 6.17. The quantitative estimate of drug-likeness (QED) is 0.578. The Hall–Kier alpha value is -1.90. The highest BCUT2D eigenvalue weighted by atomic mass is 16.2. The van der Waals surface area contributed by atoms with Crippen molar-refractivity contribution in [1.82, 2.24) is 4.90 Å². The molecule has 118 valence electrons. The fraction of sp³-hybridized carbons (Fsp3) is 0.474. The normalized spacial score (nSPS) is 22.0. The van der Waals surface area contributed by atoms with Gasteiger partial charge in [-0.05, 0) is 55.9 Å². The summed E-state index contributed by atoms with van der Waals surface area (Å²) in [5.74, 6) is 0.151. The zero-order valence-electron chi connectivity index (χ0n) is 13.5. The standard InChI is InChI=1S/C19H26N2O/c1-3-11-19(12-7-14-20-2)13-8-15-21(16-19)18(22)17-9-5-4-6-10-17/h3-6,9-10,14H,1,7-8,11-13,15-16H2,2H3/t19-/m0/s1. The molecule has 0 bridgehead atoms. The van der Waals surface area contributed by atoms with E-state index in [-0.39, 0.29) is 11.3 Å². The highest BCUT2D eigenvalue weighted by molar-refractivity contribution is 5.94. The van der Waals surface area contributed by atoms with Crippen LogP contribution < -0.4 is 0 Å². The molecule has 1 aliphatic rings. The van der Waals surface area contributed by atoms with Gasteiger partial charge in [-0.15, -0.1) is 6.58 Å². The SMILES string of the molecule is C=CC[C@]1(CCC=NC)CCCN(C(=O)c2ccccc2)C1. The van der Waals surface area contributed by atoms with Gasteiger partial charge in [0.15, 0.2) is 0 Å². The number of carbonyl (C=O) groups is 1. The van der Waals surface area contributed by atoms with Gasteiger partial charge in [0, 0.05) is 25.7 Å². The van der Waals surface area contributed by atoms with Crippen LogP contribution in [0.5, 0.6) is 0 Å². The molecule has 1 heterocycles. The van der Waals surface area contributed by atoms with E-state index in [1.807, 2.05) is 54.6 Å². The molecular formula is C19H26N2O. The van der Waals surface area contributed by atoms with Crippen LogP contribution in [0.25, 0.3) is 0 Å². The van der Waals surface area contributed by atoms with Crippen molar-refractivity contribution in [3.63, 3.8) is 0 Å². The van der Waals surface area contributed by atoms with Crippen molar-refractivity contribution in [3.05, 3.63) is 48.6 Å². The summed E-state index contributed by atoms with van der Waals surface area (Å²) in [5.41, 5.74) is 0.943. The third-order valence-electron chi connectivity index (χ3n) is 4.53. The molecule has 1 amide bonds. The van der Waals surface area contributed by atoms with Crippen LogP contribution in [0.15, 0.2) is 48.0 Å². The monoisotopic (exact) mass is 298 g/mol. The maximum atomic E-state index is 12.7. The van der Waals surface area contributed by atoms with E-state index in [0.29, 0.717) is 0 Å². The summed E-state index contributed by atoms with van der Waals surface area (Å²) >= 11 is 0. The molecular weight excluding hydrogens is 272 g/mol. The van der Waals surface area contributed by atoms with Gasteiger partial charge in [0.05, 0.1) is 0 Å². The van der Waals surface area contributed by atoms with Crippen molar-refractivity contribution in [3.8, 4) is 0 Å². The number of allylic oxidation sites excluding steroid dienone is 1. The van der Waals surface area contributed by atoms with Gasteiger partial charge >= 0.3 is 0 Å². The number of carbonyl (C=O) groups excluding carboxylic acids is 1. The lowest BCUT2D eigenvalue weighted by Gasteiger charge is -2.42. The fourth-order valence-electron chi connectivity index (χ4n) is 3.42. The molecule has 1 aliphatic heterocycles. The summed E-state index contributed by atoms with van der Waals surface area (Å²) in [5, 5.41) is 0. The average Bonchev–Trinajstić information content (AvgIpc) is 2.56. The Morgan fingerprint density at radius 2 is 2.18 bits per heavy atom. The zero-order chi connectivity index (χ0) is 15.8. The van der Waals surface area contributed by atoms with Crippen LogP contribution in [0.2, 0.25) is 0 Å². The maximum absolute atomic E-state index is 12.7. The molecule has 2 rings (SSSR count). The number of benzene rings is 1. The third-order valence-corrected chi connectivity index (χ3v) is 4.53. The van der Waals surface area contributed by atoms with Gasteiger partial charge in [0.1, 0.15) is 0 Å². The molecule has 0 unspecified atom stereocenters. The van der Waals surface area contributed by atoms with E-state index in [4.69, 9.17) is 0 Å². The van der Waals surface area contributed by atoms with E-state index in [1.165, 1.54) is 0 Å². The fourth-order valence-corrected chi connectivity index (χ4v) is 3.42. The van der Waals surface area contributed by atoms with Crippen LogP contribution in [0.4, 0.5) is 0 Å². The van der Waals surface area contributed by atoms with Crippen molar-refractivity contribution < 1.29 is 4.79 Å². The molecule has 1 aromatic carbocycles. The lowest BCUT2D eigenvalue weighted by molar-refractivity contribution is 0.0499. The van der Waals surface area contributed by atoms with Crippen molar-refractivity contribution in [2.45, 2.75) is 32.1 Å². The molecule has 0 radical (unpaired) electrons. The molecule has 3 heteroatoms. The van der Waals surface area contributed by atoms with Crippen LogP contribution >= 0.6 is 0 Å². The molecule has 0 aliphatic carbocycles. The smallest absolute Gasteiger partial charge is 0.253 e. The number of hydrogen-bond acceptors (Lipinski definition) is 2. The van der Waals surface area contributed by atoms with Crippen LogP contribution in [0, 0.1) is 5.41 Å². The largest absolute Gasteiger partial charge is 0.338 e. The van der Waals surface area contributed by atoms with Gasteiger partial charge in [0.25, 0.3) is 5.91 Å². The maximum Gasteiger partial charge on any atom is 0.253 e. The molecule has 0 aromatic heterocycles. The Morgan fingerprint density at radius 1 is 1.41 bits per heavy atom. The van der Waals surface area contributed by atoms with E-state index in [1.54, 1.807) is 0 Å². The van der Waals surface area contributed by atoms with Crippen LogP contribution in [-0.4, -0.2) is 37.2 Å². The molecule has 22 heavy (non-hydrogen) atoms. The first-order valence-corrected chi connectivity index (χ1v) is 8.07. The number of amides is 1. The van der Waals surface area contributed by atoms with Crippen molar-refractivity contribution >= 4 is 12.1 Å². The predicted octanol–water partition coefficient (Wildman–Crippen LogP) is 3.97. The second-order valence-corrected chi connectivity index (χ2v) is 6.17. The molecule has 1 atom stereocenters. The summed E-state index contributed by atoms with van der Waals surface area (Å²) in [6, 6.07) is 9.59. The van der Waals surface area contributed by atoms with Crippen molar-refractivity contribution in [1.29, 1.82) is 0 Å². The number of aliphatic imine (C=N–C) groups is 1. The number of rotatable bonds is 6. The Balaban J connectivity index is 2.10. The summed E-state index contributed by atoms with van der Waals surface area (Å²) < 4.78 is 0. The topological polar surface area (TPSA) is 32.7 Å². The van der Waals surface area contributed by atoms with Crippen LogP contribution in [0.1, 0.15) is 42.5 Å². The third kappa shape index (κ3) is 4.06. The number of likely N-dealkylation sites (tertiary alicyclic amines) is 1. The minimum atomic E-state index is 0.151. The zero-order valence-corrected chi connectivity index (χ0v) is 13.5. The van der Waals surface area contributed by atoms with Gasteiger partial charge in [-0.3, -0.25) is 4.79 Å². The number of nitrogens with zero attached hydrogens (tertiary/aromatic N) is 2. The molecule has 0 spiro atoms. The van der Waals surface area contributed by atoms with E-state index in [0.717, 1.165) is 50.8 Å². The Morgan fingerprint density at radius 3 is 2.86 bits per heavy atom. The van der Waals surface area contributed by atoms with E-state index in [2.05, 4.69) is 11.6 Å². The summed E-state index contributed by atoms with van der Waals surface area (Å²) in [6.07, 6.45) is 9.20. The lowest BCUT2D eigenvalue weighted by Crippen LogP contribution is -2.46. The first kappa shape index (κ1) is 16.5. The van der Waals surface area contributed by atoms with Gasteiger partial charge in [-0.1, -0.05) is 24.3 Å². The summed E-state index contributed by atoms with van der Waals surface area (Å²) in [7, 11) is 1.81. The number of piperidine rings is 1. The van der Waals surface area contributed by atoms with Gasteiger partial charge in [-0.25, -0.2) is 0 Å². The molecule has 3 nitrogen and oxygen atoms in total. The molecule has 0 saturated carbocycles. The molecule has 0 N–H and O–H groups in total. The van der Waals surface area contributed by atoms with Crippen LogP contribution in [-0.2, 0) is 0 Å². The number of hydrogen-bond donors (Lipinski definition) is 0. The van der Waals surface area contributed by atoms with E-state index < -0.39 is 0 Å². The van der Waals surface area contributed by atoms with Gasteiger partial charge in [-0.2, -0.15) is 0 Å². The Labute approximate surface area is 133 Å². The van der Waals surface area contributed by atoms with E-state index >= 15 is 0 Å². The first-order valence-electron chi connectivity index (χ1n) is 8.07. The minimum Gasteiger partial charge on any atom is -0.338 e. The summed E-state index contributed by atoms with van der Waals surface area (Å²) in [6.45, 7) is 5.60. The predicted molar refractivity (Wildman–Crippen MR) is 92.5 cm³/mol. The van der Waals surface area contributed by atoms with E-state index in [9.17, 15) is 4.79 Å². The van der Waals surface area contributed by atoms with Gasteiger partial charge in [0.2, 0.25) is 0 Å². The van der Waals surface area contributed by atoms with Crippen molar-refractivity contribution in [2.24, 2.45) is 10.4 Å². The Kier molecular flexibility index (Phi) is 5.93.